The molecule has 1 aromatic carbocycles. The van der Waals surface area contributed by atoms with Crippen LogP contribution in [0.3, 0.4) is 0 Å². The first-order valence-corrected chi connectivity index (χ1v) is 7.63. The summed E-state index contributed by atoms with van der Waals surface area (Å²) in [7, 11) is 0. The Balaban J connectivity index is 1.78. The maximum absolute atomic E-state index is 11.9. The van der Waals surface area contributed by atoms with Crippen molar-refractivity contribution in [1.29, 1.82) is 0 Å². The molecular formula is C14H18INO3. The fourth-order valence-electron chi connectivity index (χ4n) is 2.14. The van der Waals surface area contributed by atoms with Crippen LogP contribution in [0.15, 0.2) is 18.2 Å². The molecule has 1 aromatic rings. The molecule has 2 N–H and O–H groups in total. The number of benzene rings is 1. The van der Waals surface area contributed by atoms with E-state index in [0.717, 1.165) is 29.4 Å². The summed E-state index contributed by atoms with van der Waals surface area (Å²) in [6.45, 7) is 1.44. The van der Waals surface area contributed by atoms with Crippen LogP contribution in [0.1, 0.15) is 36.0 Å². The van der Waals surface area contributed by atoms with E-state index >= 15 is 0 Å². The number of rotatable bonds is 4. The molecule has 1 atom stereocenters. The molecule has 0 saturated carbocycles. The van der Waals surface area contributed by atoms with Crippen LogP contribution in [0.25, 0.3) is 0 Å². The number of nitrogens with one attached hydrogen (secondary N) is 1. The lowest BCUT2D eigenvalue weighted by Crippen LogP contribution is -2.29. The van der Waals surface area contributed by atoms with Gasteiger partial charge in [0.05, 0.1) is 9.67 Å². The van der Waals surface area contributed by atoms with Crippen molar-refractivity contribution in [3.05, 3.63) is 27.3 Å². The van der Waals surface area contributed by atoms with Gasteiger partial charge in [-0.15, -0.1) is 0 Å². The van der Waals surface area contributed by atoms with Crippen LogP contribution < -0.4 is 5.32 Å². The zero-order chi connectivity index (χ0) is 13.7. The number of ether oxygens (including phenoxy) is 1. The maximum atomic E-state index is 11.9. The van der Waals surface area contributed by atoms with Gasteiger partial charge >= 0.3 is 0 Å². The Morgan fingerprint density at radius 2 is 2.32 bits per heavy atom. The summed E-state index contributed by atoms with van der Waals surface area (Å²) in [4.78, 5) is 11.9. The summed E-state index contributed by atoms with van der Waals surface area (Å²) < 4.78 is 6.35. The molecule has 0 bridgehead atoms. The molecule has 1 saturated heterocycles. The van der Waals surface area contributed by atoms with E-state index in [1.54, 1.807) is 12.1 Å². The molecule has 1 aliphatic rings. The molecule has 1 amide bonds. The third-order valence-corrected chi connectivity index (χ3v) is 4.15. The normalized spacial score (nSPS) is 19.1. The molecule has 19 heavy (non-hydrogen) atoms. The molecule has 0 aliphatic carbocycles. The number of hydrogen-bond acceptors (Lipinski definition) is 3. The van der Waals surface area contributed by atoms with Crippen molar-refractivity contribution in [2.45, 2.75) is 31.8 Å². The van der Waals surface area contributed by atoms with Gasteiger partial charge in [0.2, 0.25) is 0 Å². The number of amides is 1. The van der Waals surface area contributed by atoms with Crippen LogP contribution >= 0.6 is 22.6 Å². The van der Waals surface area contributed by atoms with Crippen molar-refractivity contribution in [3.8, 4) is 5.75 Å². The highest BCUT2D eigenvalue weighted by atomic mass is 127. The molecule has 5 heteroatoms. The van der Waals surface area contributed by atoms with Gasteiger partial charge in [-0.2, -0.15) is 0 Å². The number of phenols is 1. The zero-order valence-corrected chi connectivity index (χ0v) is 12.9. The Morgan fingerprint density at radius 3 is 3.00 bits per heavy atom. The Labute approximate surface area is 126 Å². The molecular weight excluding hydrogens is 357 g/mol. The van der Waals surface area contributed by atoms with E-state index in [1.807, 2.05) is 22.6 Å². The number of aromatic hydroxyl groups is 1. The van der Waals surface area contributed by atoms with Gasteiger partial charge in [-0.1, -0.05) is 0 Å². The Morgan fingerprint density at radius 1 is 1.47 bits per heavy atom. The molecule has 1 heterocycles. The standard InChI is InChI=1S/C14H18INO3/c15-12-5-4-10(9-13(12)17)14(18)16-7-6-11-3-1-2-8-19-11/h4-5,9,11,17H,1-3,6-8H2,(H,16,18). The van der Waals surface area contributed by atoms with Gasteiger partial charge < -0.3 is 15.2 Å². The number of carbonyl (C=O) groups is 1. The molecule has 104 valence electrons. The highest BCUT2D eigenvalue weighted by Crippen LogP contribution is 2.20. The molecule has 1 aliphatic heterocycles. The fourth-order valence-corrected chi connectivity index (χ4v) is 2.47. The second kappa shape index (κ2) is 7.09. The molecule has 0 spiro atoms. The van der Waals surface area contributed by atoms with Gasteiger partial charge in [0.15, 0.2) is 0 Å². The second-order valence-corrected chi connectivity index (χ2v) is 5.86. The molecule has 0 radical (unpaired) electrons. The molecule has 1 fully saturated rings. The predicted molar refractivity (Wildman–Crippen MR) is 81.4 cm³/mol. The molecule has 0 aromatic heterocycles. The number of carbonyl (C=O) groups excluding carboxylic acids is 1. The Bertz CT molecular complexity index is 444. The summed E-state index contributed by atoms with van der Waals surface area (Å²) in [6.07, 6.45) is 4.57. The van der Waals surface area contributed by atoms with Crippen molar-refractivity contribution in [2.24, 2.45) is 0 Å². The quantitative estimate of drug-likeness (QED) is 0.796. The van der Waals surface area contributed by atoms with Crippen molar-refractivity contribution >= 4 is 28.5 Å². The van der Waals surface area contributed by atoms with Crippen molar-refractivity contribution in [1.82, 2.24) is 5.32 Å². The fraction of sp³-hybridized carbons (Fsp3) is 0.500. The van der Waals surface area contributed by atoms with Gasteiger partial charge in [-0.05, 0) is 66.5 Å². The van der Waals surface area contributed by atoms with Crippen LogP contribution in [0, 0.1) is 3.57 Å². The first kappa shape index (κ1) is 14.6. The maximum Gasteiger partial charge on any atom is 0.251 e. The minimum atomic E-state index is -0.150. The summed E-state index contributed by atoms with van der Waals surface area (Å²) >= 11 is 2.02. The summed E-state index contributed by atoms with van der Waals surface area (Å²) in [5, 5.41) is 12.4. The topological polar surface area (TPSA) is 58.6 Å². The molecule has 4 nitrogen and oxygen atoms in total. The number of phenolic OH excluding ortho intramolecular Hbond substituents is 1. The van der Waals surface area contributed by atoms with Crippen LogP contribution in [0.2, 0.25) is 0 Å². The summed E-state index contributed by atoms with van der Waals surface area (Å²) in [5.74, 6) is -0.00799. The van der Waals surface area contributed by atoms with E-state index in [1.165, 1.54) is 12.5 Å². The lowest BCUT2D eigenvalue weighted by Gasteiger charge is -2.22. The van der Waals surface area contributed by atoms with Gasteiger partial charge in [0.25, 0.3) is 5.91 Å². The monoisotopic (exact) mass is 375 g/mol. The van der Waals surface area contributed by atoms with Crippen LogP contribution in [0.4, 0.5) is 0 Å². The van der Waals surface area contributed by atoms with Crippen LogP contribution in [-0.4, -0.2) is 30.3 Å². The van der Waals surface area contributed by atoms with Crippen LogP contribution in [-0.2, 0) is 4.74 Å². The Hall–Kier alpha value is -0.820. The highest BCUT2D eigenvalue weighted by molar-refractivity contribution is 14.1. The van der Waals surface area contributed by atoms with E-state index in [-0.39, 0.29) is 17.8 Å². The first-order valence-electron chi connectivity index (χ1n) is 6.55. The van der Waals surface area contributed by atoms with Crippen molar-refractivity contribution < 1.29 is 14.6 Å². The highest BCUT2D eigenvalue weighted by Gasteiger charge is 2.14. The van der Waals surface area contributed by atoms with Crippen molar-refractivity contribution in [2.75, 3.05) is 13.2 Å². The summed E-state index contributed by atoms with van der Waals surface area (Å²) in [6, 6.07) is 4.94. The number of hydrogen-bond donors (Lipinski definition) is 2. The van der Waals surface area contributed by atoms with E-state index in [4.69, 9.17) is 4.74 Å². The number of halogens is 1. The smallest absolute Gasteiger partial charge is 0.251 e. The van der Waals surface area contributed by atoms with E-state index in [0.29, 0.717) is 12.1 Å². The largest absolute Gasteiger partial charge is 0.507 e. The Kier molecular flexibility index (Phi) is 5.45. The van der Waals surface area contributed by atoms with E-state index < -0.39 is 0 Å². The zero-order valence-electron chi connectivity index (χ0n) is 10.7. The molecule has 2 rings (SSSR count). The minimum absolute atomic E-state index is 0.142. The average molecular weight is 375 g/mol. The van der Waals surface area contributed by atoms with Gasteiger partial charge in [0.1, 0.15) is 5.75 Å². The minimum Gasteiger partial charge on any atom is -0.507 e. The predicted octanol–water partition coefficient (Wildman–Crippen LogP) is 2.69. The van der Waals surface area contributed by atoms with Gasteiger partial charge in [-0.25, -0.2) is 0 Å². The van der Waals surface area contributed by atoms with Crippen molar-refractivity contribution in [3.63, 3.8) is 0 Å². The van der Waals surface area contributed by atoms with Crippen LogP contribution in [0.5, 0.6) is 5.75 Å². The SMILES string of the molecule is O=C(NCCC1CCCCO1)c1ccc(I)c(O)c1. The van der Waals surface area contributed by atoms with E-state index in [9.17, 15) is 9.90 Å². The van der Waals surface area contributed by atoms with Gasteiger partial charge in [-0.3, -0.25) is 4.79 Å². The first-order chi connectivity index (χ1) is 9.16. The van der Waals surface area contributed by atoms with Gasteiger partial charge in [0, 0.05) is 18.7 Å². The third-order valence-electron chi connectivity index (χ3n) is 3.23. The summed E-state index contributed by atoms with van der Waals surface area (Å²) in [5.41, 5.74) is 0.488. The average Bonchev–Trinajstić information content (AvgIpc) is 2.43. The van der Waals surface area contributed by atoms with E-state index in [2.05, 4.69) is 5.32 Å². The lowest BCUT2D eigenvalue weighted by molar-refractivity contribution is 0.0117. The third kappa shape index (κ3) is 4.35. The lowest BCUT2D eigenvalue weighted by atomic mass is 10.1. The molecule has 1 unspecified atom stereocenters. The second-order valence-electron chi connectivity index (χ2n) is 4.70.